The van der Waals surface area contributed by atoms with E-state index < -0.39 is 10.0 Å². The van der Waals surface area contributed by atoms with Crippen molar-refractivity contribution < 1.29 is 13.2 Å². The van der Waals surface area contributed by atoms with Crippen LogP contribution in [-0.4, -0.2) is 44.5 Å². The van der Waals surface area contributed by atoms with Crippen LogP contribution in [0.5, 0.6) is 0 Å². The Morgan fingerprint density at radius 1 is 1.27 bits per heavy atom. The van der Waals surface area contributed by atoms with Crippen LogP contribution < -0.4 is 5.32 Å². The number of rotatable bonds is 5. The molecule has 1 aromatic rings. The van der Waals surface area contributed by atoms with Crippen molar-refractivity contribution in [2.24, 2.45) is 5.92 Å². The van der Waals surface area contributed by atoms with Gasteiger partial charge in [-0.3, -0.25) is 4.79 Å². The van der Waals surface area contributed by atoms with Gasteiger partial charge in [-0.05, 0) is 36.8 Å². The third kappa shape index (κ3) is 4.30. The monoisotopic (exact) mass is 324 g/mol. The molecule has 1 aliphatic rings. The molecule has 0 aliphatic carbocycles. The maximum atomic E-state index is 12.3. The molecule has 1 saturated heterocycles. The van der Waals surface area contributed by atoms with Crippen molar-refractivity contribution in [2.75, 3.05) is 25.9 Å². The highest BCUT2D eigenvalue weighted by Crippen LogP contribution is 2.18. The summed E-state index contributed by atoms with van der Waals surface area (Å²) in [6.07, 6.45) is 3.67. The van der Waals surface area contributed by atoms with Gasteiger partial charge in [0.05, 0.1) is 6.26 Å². The molecule has 0 spiro atoms. The molecular formula is C16H24N2O3S. The number of amides is 1. The third-order valence-corrected chi connectivity index (χ3v) is 5.54. The Hall–Kier alpha value is -1.40. The highest BCUT2D eigenvalue weighted by Gasteiger charge is 2.25. The minimum atomic E-state index is -3.09. The van der Waals surface area contributed by atoms with Gasteiger partial charge in [0.2, 0.25) is 10.0 Å². The van der Waals surface area contributed by atoms with Gasteiger partial charge in [-0.25, -0.2) is 12.7 Å². The molecule has 1 aliphatic heterocycles. The first-order chi connectivity index (χ1) is 10.4. The lowest BCUT2D eigenvalue weighted by Gasteiger charge is -2.30. The first-order valence-electron chi connectivity index (χ1n) is 7.73. The van der Waals surface area contributed by atoms with Crippen molar-refractivity contribution in [2.45, 2.75) is 26.2 Å². The van der Waals surface area contributed by atoms with E-state index in [-0.39, 0.29) is 5.91 Å². The zero-order chi connectivity index (χ0) is 16.2. The standard InChI is InChI=1S/C16H24N2O3S/c1-3-14-6-4-5-7-15(14)16(19)17-12-13-8-10-18(11-9-13)22(2,20)21/h4-7,13H,3,8-12H2,1-2H3,(H,17,19). The fraction of sp³-hybridized carbons (Fsp3) is 0.562. The molecule has 0 bridgehead atoms. The van der Waals surface area contributed by atoms with Crippen LogP contribution in [-0.2, 0) is 16.4 Å². The van der Waals surface area contributed by atoms with Crippen LogP contribution in [0.2, 0.25) is 0 Å². The van der Waals surface area contributed by atoms with Gasteiger partial charge in [0, 0.05) is 25.2 Å². The van der Waals surface area contributed by atoms with Crippen molar-refractivity contribution in [3.63, 3.8) is 0 Å². The molecule has 0 aromatic heterocycles. The lowest BCUT2D eigenvalue weighted by Crippen LogP contribution is -2.41. The topological polar surface area (TPSA) is 66.5 Å². The van der Waals surface area contributed by atoms with Crippen LogP contribution >= 0.6 is 0 Å². The Morgan fingerprint density at radius 2 is 1.91 bits per heavy atom. The number of hydrogen-bond acceptors (Lipinski definition) is 3. The molecule has 1 N–H and O–H groups in total. The average molecular weight is 324 g/mol. The predicted molar refractivity (Wildman–Crippen MR) is 87.3 cm³/mol. The van der Waals surface area contributed by atoms with Gasteiger partial charge in [0.25, 0.3) is 5.91 Å². The minimum Gasteiger partial charge on any atom is -0.352 e. The van der Waals surface area contributed by atoms with Gasteiger partial charge in [0.15, 0.2) is 0 Å². The molecule has 1 aromatic carbocycles. The molecule has 1 heterocycles. The summed E-state index contributed by atoms with van der Waals surface area (Å²) in [5.41, 5.74) is 1.78. The van der Waals surface area contributed by atoms with Crippen molar-refractivity contribution in [3.8, 4) is 0 Å². The lowest BCUT2D eigenvalue weighted by atomic mass is 9.97. The second kappa shape index (κ2) is 7.24. The normalized spacial score (nSPS) is 17.4. The van der Waals surface area contributed by atoms with Gasteiger partial charge in [-0.2, -0.15) is 0 Å². The SMILES string of the molecule is CCc1ccccc1C(=O)NCC1CCN(S(C)(=O)=O)CC1. The summed E-state index contributed by atoms with van der Waals surface area (Å²) in [4.78, 5) is 12.3. The first kappa shape index (κ1) is 17.0. The maximum absolute atomic E-state index is 12.3. The van der Waals surface area contributed by atoms with Crippen molar-refractivity contribution in [1.29, 1.82) is 0 Å². The summed E-state index contributed by atoms with van der Waals surface area (Å²) < 4.78 is 24.5. The second-order valence-electron chi connectivity index (χ2n) is 5.83. The van der Waals surface area contributed by atoms with Crippen LogP contribution in [0.1, 0.15) is 35.7 Å². The predicted octanol–water partition coefficient (Wildman–Crippen LogP) is 1.65. The number of hydrogen-bond donors (Lipinski definition) is 1. The largest absolute Gasteiger partial charge is 0.352 e. The Balaban J connectivity index is 1.85. The van der Waals surface area contributed by atoms with Crippen LogP contribution in [0.4, 0.5) is 0 Å². The Morgan fingerprint density at radius 3 is 2.50 bits per heavy atom. The molecular weight excluding hydrogens is 300 g/mol. The smallest absolute Gasteiger partial charge is 0.251 e. The molecule has 6 heteroatoms. The summed E-state index contributed by atoms with van der Waals surface area (Å²) >= 11 is 0. The highest BCUT2D eigenvalue weighted by atomic mass is 32.2. The Kier molecular flexibility index (Phi) is 5.58. The van der Waals surface area contributed by atoms with E-state index in [1.54, 1.807) is 0 Å². The minimum absolute atomic E-state index is 0.0389. The van der Waals surface area contributed by atoms with Gasteiger partial charge in [-0.15, -0.1) is 0 Å². The van der Waals surface area contributed by atoms with Crippen molar-refractivity contribution in [3.05, 3.63) is 35.4 Å². The number of carbonyl (C=O) groups excluding carboxylic acids is 1. The number of sulfonamides is 1. The zero-order valence-corrected chi connectivity index (χ0v) is 14.0. The fourth-order valence-corrected chi connectivity index (χ4v) is 3.70. The van der Waals surface area contributed by atoms with E-state index in [1.807, 2.05) is 31.2 Å². The summed E-state index contributed by atoms with van der Waals surface area (Å²) in [5.74, 6) is 0.304. The molecule has 0 unspecified atom stereocenters. The number of nitrogens with one attached hydrogen (secondary N) is 1. The quantitative estimate of drug-likeness (QED) is 0.895. The van der Waals surface area contributed by atoms with Crippen molar-refractivity contribution >= 4 is 15.9 Å². The van der Waals surface area contributed by atoms with Crippen LogP contribution in [0, 0.1) is 5.92 Å². The maximum Gasteiger partial charge on any atom is 0.251 e. The van der Waals surface area contributed by atoms with Crippen molar-refractivity contribution in [1.82, 2.24) is 9.62 Å². The molecule has 1 fully saturated rings. The molecule has 0 atom stereocenters. The highest BCUT2D eigenvalue weighted by molar-refractivity contribution is 7.88. The van der Waals surface area contributed by atoms with E-state index in [9.17, 15) is 13.2 Å². The first-order valence-corrected chi connectivity index (χ1v) is 9.58. The summed E-state index contributed by atoms with van der Waals surface area (Å²) in [6.45, 7) is 3.73. The van der Waals surface area contributed by atoms with E-state index >= 15 is 0 Å². The van der Waals surface area contributed by atoms with E-state index in [4.69, 9.17) is 0 Å². The zero-order valence-electron chi connectivity index (χ0n) is 13.2. The molecule has 22 heavy (non-hydrogen) atoms. The van der Waals surface area contributed by atoms with E-state index in [0.717, 1.165) is 30.4 Å². The van der Waals surface area contributed by atoms with E-state index in [1.165, 1.54) is 10.6 Å². The third-order valence-electron chi connectivity index (χ3n) is 4.24. The fourth-order valence-electron chi connectivity index (χ4n) is 2.83. The van der Waals surface area contributed by atoms with Crippen LogP contribution in [0.25, 0.3) is 0 Å². The summed E-state index contributed by atoms with van der Waals surface area (Å²) in [7, 11) is -3.09. The Bertz CT molecular complexity index is 620. The number of nitrogens with zero attached hydrogens (tertiary/aromatic N) is 1. The molecule has 0 radical (unpaired) electrons. The second-order valence-corrected chi connectivity index (χ2v) is 7.81. The van der Waals surface area contributed by atoms with Gasteiger partial charge >= 0.3 is 0 Å². The molecule has 1 amide bonds. The average Bonchev–Trinajstić information content (AvgIpc) is 2.52. The van der Waals surface area contributed by atoms with E-state index in [0.29, 0.717) is 25.6 Å². The number of benzene rings is 1. The van der Waals surface area contributed by atoms with Crippen LogP contribution in [0.15, 0.2) is 24.3 Å². The Labute approximate surface area is 132 Å². The molecule has 5 nitrogen and oxygen atoms in total. The van der Waals surface area contributed by atoms with Crippen LogP contribution in [0.3, 0.4) is 0 Å². The molecule has 122 valence electrons. The lowest BCUT2D eigenvalue weighted by molar-refractivity contribution is 0.0940. The molecule has 2 rings (SSSR count). The van der Waals surface area contributed by atoms with Gasteiger partial charge < -0.3 is 5.32 Å². The summed E-state index contributed by atoms with van der Waals surface area (Å²) in [6, 6.07) is 7.63. The number of aryl methyl sites for hydroxylation is 1. The van der Waals surface area contributed by atoms with Gasteiger partial charge in [0.1, 0.15) is 0 Å². The number of piperidine rings is 1. The number of carbonyl (C=O) groups is 1. The van der Waals surface area contributed by atoms with E-state index in [2.05, 4.69) is 5.32 Å². The summed E-state index contributed by atoms with van der Waals surface area (Å²) in [5, 5.41) is 2.99. The molecule has 0 saturated carbocycles. The van der Waals surface area contributed by atoms with Gasteiger partial charge in [-0.1, -0.05) is 25.1 Å².